The molecule has 4 aliphatic rings. The van der Waals surface area contributed by atoms with Crippen LogP contribution in [0.4, 0.5) is 27.9 Å². The second kappa shape index (κ2) is 15.1. The normalized spacial score (nSPS) is 19.6. The van der Waals surface area contributed by atoms with Crippen molar-refractivity contribution in [1.29, 1.82) is 0 Å². The summed E-state index contributed by atoms with van der Waals surface area (Å²) in [6.07, 6.45) is 10.7. The van der Waals surface area contributed by atoms with Gasteiger partial charge in [-0.15, -0.1) is 0 Å². The molecule has 1 aromatic carbocycles. The van der Waals surface area contributed by atoms with Crippen LogP contribution in [-0.4, -0.2) is 118 Å². The van der Waals surface area contributed by atoms with Crippen molar-refractivity contribution in [2.45, 2.75) is 63.6 Å². The van der Waals surface area contributed by atoms with E-state index in [-0.39, 0.29) is 23.9 Å². The molecule has 3 saturated heterocycles. The zero-order valence-electron chi connectivity index (χ0n) is 30.7. The first-order chi connectivity index (χ1) is 25.8. The quantitative estimate of drug-likeness (QED) is 0.253. The van der Waals surface area contributed by atoms with E-state index in [0.717, 1.165) is 107 Å². The third kappa shape index (κ3) is 7.56. The van der Waals surface area contributed by atoms with Crippen LogP contribution in [0.2, 0.25) is 0 Å². The fraction of sp³-hybridized carbons (Fsp3) is 0.487. The lowest BCUT2D eigenvalue weighted by molar-refractivity contribution is -0.120. The molecule has 0 unspecified atom stereocenters. The molecule has 0 radical (unpaired) electrons. The Morgan fingerprint density at radius 3 is 2.38 bits per heavy atom. The molecule has 14 nitrogen and oxygen atoms in total. The van der Waals surface area contributed by atoms with Gasteiger partial charge in [0.1, 0.15) is 17.2 Å². The minimum Gasteiger partial charge on any atom is -0.370 e. The molecule has 14 heteroatoms. The van der Waals surface area contributed by atoms with Crippen LogP contribution in [0.3, 0.4) is 0 Å². The number of hydrogen-bond acceptors (Lipinski definition) is 10. The van der Waals surface area contributed by atoms with E-state index in [9.17, 15) is 14.4 Å². The highest BCUT2D eigenvalue weighted by atomic mass is 16.2. The molecule has 0 atom stereocenters. The van der Waals surface area contributed by atoms with Crippen LogP contribution < -0.4 is 20.4 Å². The highest BCUT2D eigenvalue weighted by molar-refractivity contribution is 6.05. The van der Waals surface area contributed by atoms with Crippen molar-refractivity contribution in [1.82, 2.24) is 39.5 Å². The number of pyridine rings is 1. The topological polar surface area (TPSA) is 135 Å². The van der Waals surface area contributed by atoms with Crippen LogP contribution in [-0.2, 0) is 11.3 Å². The van der Waals surface area contributed by atoms with Crippen LogP contribution in [0, 0.1) is 0 Å². The van der Waals surface area contributed by atoms with E-state index in [2.05, 4.69) is 53.1 Å². The minimum absolute atomic E-state index is 0.0180. The number of nitrogens with zero attached hydrogens (tertiary/aromatic N) is 9. The van der Waals surface area contributed by atoms with Gasteiger partial charge in [-0.2, -0.15) is 4.98 Å². The van der Waals surface area contributed by atoms with Crippen molar-refractivity contribution in [3.8, 4) is 0 Å². The Balaban J connectivity index is 0.830. The lowest BCUT2D eigenvalue weighted by Gasteiger charge is -2.43. The first kappa shape index (κ1) is 35.0. The Labute approximate surface area is 310 Å². The smallest absolute Gasteiger partial charge is 0.328 e. The molecule has 2 N–H and O–H groups in total. The van der Waals surface area contributed by atoms with Gasteiger partial charge >= 0.3 is 6.03 Å². The molecule has 1 aliphatic carbocycles. The zero-order valence-corrected chi connectivity index (χ0v) is 30.7. The number of benzene rings is 1. The molecular formula is C39H49N11O3. The van der Waals surface area contributed by atoms with E-state index in [4.69, 9.17) is 9.97 Å². The predicted molar refractivity (Wildman–Crippen MR) is 205 cm³/mol. The van der Waals surface area contributed by atoms with E-state index in [1.54, 1.807) is 30.1 Å². The number of piperazine rings is 1. The summed E-state index contributed by atoms with van der Waals surface area (Å²) in [7, 11) is 3.57. The van der Waals surface area contributed by atoms with Gasteiger partial charge < -0.3 is 19.7 Å². The van der Waals surface area contributed by atoms with Gasteiger partial charge in [0.15, 0.2) is 0 Å². The van der Waals surface area contributed by atoms with Crippen LogP contribution in [0.5, 0.6) is 0 Å². The maximum absolute atomic E-state index is 13.1. The maximum Gasteiger partial charge on any atom is 0.328 e. The zero-order chi connectivity index (χ0) is 36.5. The van der Waals surface area contributed by atoms with Crippen molar-refractivity contribution < 1.29 is 14.4 Å². The van der Waals surface area contributed by atoms with E-state index in [1.165, 1.54) is 5.56 Å². The lowest BCUT2D eigenvalue weighted by atomic mass is 10.0. The van der Waals surface area contributed by atoms with E-state index >= 15 is 0 Å². The number of fused-ring (bicyclic) bond motifs is 1. The first-order valence-electron chi connectivity index (χ1n) is 19.0. The summed E-state index contributed by atoms with van der Waals surface area (Å²) < 4.78 is 2.13. The Morgan fingerprint density at radius 2 is 1.66 bits per heavy atom. The Kier molecular flexibility index (Phi) is 9.97. The van der Waals surface area contributed by atoms with Gasteiger partial charge in [0.2, 0.25) is 11.9 Å². The number of carbonyl (C=O) groups is 3. The monoisotopic (exact) mass is 719 g/mol. The summed E-state index contributed by atoms with van der Waals surface area (Å²) in [4.78, 5) is 62.0. The summed E-state index contributed by atoms with van der Waals surface area (Å²) in [6, 6.07) is 14.6. The van der Waals surface area contributed by atoms with Crippen LogP contribution >= 0.6 is 0 Å². The Hall–Kier alpha value is -5.08. The molecule has 278 valence electrons. The molecule has 4 aromatic rings. The van der Waals surface area contributed by atoms with Crippen LogP contribution in [0.1, 0.15) is 67.0 Å². The van der Waals surface area contributed by atoms with Crippen molar-refractivity contribution >= 4 is 52.0 Å². The number of amides is 4. The third-order valence-corrected chi connectivity index (χ3v) is 11.3. The van der Waals surface area contributed by atoms with Crippen molar-refractivity contribution in [2.24, 2.45) is 0 Å². The predicted octanol–water partition coefficient (Wildman–Crippen LogP) is 4.62. The Morgan fingerprint density at radius 1 is 0.868 bits per heavy atom. The highest BCUT2D eigenvalue weighted by Crippen LogP contribution is 2.35. The van der Waals surface area contributed by atoms with Crippen molar-refractivity contribution in [2.75, 3.05) is 75.0 Å². The highest BCUT2D eigenvalue weighted by Gasteiger charge is 2.29. The number of piperidine rings is 1. The molecule has 8 rings (SSSR count). The van der Waals surface area contributed by atoms with Gasteiger partial charge in [-0.1, -0.05) is 25.0 Å². The lowest BCUT2D eigenvalue weighted by Crippen LogP contribution is -2.53. The number of urea groups is 1. The van der Waals surface area contributed by atoms with Crippen LogP contribution in [0.15, 0.2) is 54.9 Å². The van der Waals surface area contributed by atoms with Gasteiger partial charge in [0, 0.05) is 102 Å². The molecule has 4 fully saturated rings. The molecule has 1 saturated carbocycles. The summed E-state index contributed by atoms with van der Waals surface area (Å²) in [5.41, 5.74) is 4.59. The minimum atomic E-state index is -0.344. The number of aromatic nitrogens is 4. The van der Waals surface area contributed by atoms with Gasteiger partial charge in [-0.05, 0) is 61.6 Å². The fourth-order valence-corrected chi connectivity index (χ4v) is 8.42. The third-order valence-electron chi connectivity index (χ3n) is 11.3. The number of imide groups is 1. The molecule has 0 spiro atoms. The van der Waals surface area contributed by atoms with Crippen molar-refractivity contribution in [3.05, 3.63) is 66.1 Å². The van der Waals surface area contributed by atoms with E-state index in [0.29, 0.717) is 36.5 Å². The largest absolute Gasteiger partial charge is 0.370 e. The number of carbonyl (C=O) groups excluding carboxylic acids is 3. The van der Waals surface area contributed by atoms with Crippen LogP contribution in [0.25, 0.3) is 11.0 Å². The second-order valence-electron chi connectivity index (χ2n) is 15.0. The summed E-state index contributed by atoms with van der Waals surface area (Å²) in [5, 5.41) is 6.58. The summed E-state index contributed by atoms with van der Waals surface area (Å²) in [5.74, 6) is 0.922. The van der Waals surface area contributed by atoms with Gasteiger partial charge in [0.05, 0.1) is 11.9 Å². The number of rotatable bonds is 9. The maximum atomic E-state index is 13.1. The second-order valence-corrected chi connectivity index (χ2v) is 15.0. The molecule has 0 bridgehead atoms. The van der Waals surface area contributed by atoms with Gasteiger partial charge in [-0.3, -0.25) is 29.6 Å². The molecular weight excluding hydrogens is 671 g/mol. The average Bonchev–Trinajstić information content (AvgIpc) is 3.84. The molecule has 3 aliphatic heterocycles. The Bertz CT molecular complexity index is 1960. The SMILES string of the molecule is CN(C)C(=O)c1cc2cnc(Nc3ccc(N4CCC(N5CCN(Cc6cccc(N7CCC(=O)NC7=O)c6)CC5)CC4)cn3)nc2n1C1CCCC1. The average molecular weight is 720 g/mol. The molecule has 4 amide bonds. The molecule has 3 aromatic heterocycles. The van der Waals surface area contributed by atoms with Crippen molar-refractivity contribution in [3.63, 3.8) is 0 Å². The van der Waals surface area contributed by atoms with E-state index in [1.807, 2.05) is 30.5 Å². The molecule has 6 heterocycles. The number of anilines is 4. The molecule has 53 heavy (non-hydrogen) atoms. The standard InChI is InChI=1S/C39H49N11O3/c1-45(2)37(52)33-23-28-24-41-38(44-36(28)50(33)30-7-3-4-8-30)42-34-11-10-32(25-40-34)47-15-12-29(13-16-47)48-20-18-46(19-21-48)26-27-6-5-9-31(22-27)49-17-14-35(51)43-39(49)53/h5-6,9-11,22-25,29-30H,3-4,7-8,12-21,26H2,1-2H3,(H,43,51,53)(H,40,41,42,44). The van der Waals surface area contributed by atoms with E-state index < -0.39 is 0 Å². The summed E-state index contributed by atoms with van der Waals surface area (Å²) in [6.45, 7) is 7.38. The van der Waals surface area contributed by atoms with Gasteiger partial charge in [0.25, 0.3) is 5.91 Å². The summed E-state index contributed by atoms with van der Waals surface area (Å²) >= 11 is 0. The number of hydrogen-bond donors (Lipinski definition) is 2. The van der Waals surface area contributed by atoms with Gasteiger partial charge in [-0.25, -0.2) is 14.8 Å². The fourth-order valence-electron chi connectivity index (χ4n) is 8.42. The number of nitrogens with one attached hydrogen (secondary N) is 2. The first-order valence-corrected chi connectivity index (χ1v) is 19.0.